The molecule has 0 aliphatic heterocycles. The minimum atomic E-state index is 0.758. The van der Waals surface area contributed by atoms with Crippen molar-refractivity contribution in [1.29, 1.82) is 0 Å². The Hall–Kier alpha value is -2.36. The number of rotatable bonds is 4. The fourth-order valence-electron chi connectivity index (χ4n) is 2.14. The van der Waals surface area contributed by atoms with Crippen LogP contribution in [0, 0.1) is 0 Å². The average molecular weight is 252 g/mol. The van der Waals surface area contributed by atoms with Crippen LogP contribution in [-0.4, -0.2) is 14.5 Å². The molecule has 3 aromatic rings. The highest BCUT2D eigenvalue weighted by molar-refractivity contribution is 5.81. The number of imidazole rings is 1. The van der Waals surface area contributed by atoms with Crippen LogP contribution in [0.5, 0.6) is 0 Å². The Morgan fingerprint density at radius 2 is 2.11 bits per heavy atom. The van der Waals surface area contributed by atoms with Crippen LogP contribution < -0.4 is 5.32 Å². The number of pyridine rings is 1. The highest BCUT2D eigenvalue weighted by Gasteiger charge is 2.01. The monoisotopic (exact) mass is 252 g/mol. The fraction of sp³-hybridized carbons (Fsp3) is 0.200. The Bertz CT molecular complexity index is 687. The highest BCUT2D eigenvalue weighted by Crippen LogP contribution is 2.16. The van der Waals surface area contributed by atoms with Gasteiger partial charge in [-0.2, -0.15) is 0 Å². The minimum Gasteiger partial charge on any atom is -0.378 e. The van der Waals surface area contributed by atoms with Gasteiger partial charge in [-0.05, 0) is 19.1 Å². The molecule has 1 aromatic carbocycles. The van der Waals surface area contributed by atoms with E-state index in [4.69, 9.17) is 0 Å². The van der Waals surface area contributed by atoms with Crippen LogP contribution in [0.15, 0.2) is 49.1 Å². The van der Waals surface area contributed by atoms with E-state index in [0.717, 1.165) is 29.7 Å². The summed E-state index contributed by atoms with van der Waals surface area (Å²) in [6.07, 6.45) is 5.62. The van der Waals surface area contributed by atoms with E-state index in [2.05, 4.69) is 38.9 Å². The molecule has 96 valence electrons. The lowest BCUT2D eigenvalue weighted by Gasteiger charge is -2.08. The van der Waals surface area contributed by atoms with Crippen molar-refractivity contribution in [3.8, 4) is 0 Å². The maximum atomic E-state index is 4.44. The van der Waals surface area contributed by atoms with Gasteiger partial charge in [0.25, 0.3) is 0 Å². The molecule has 0 unspecified atom stereocenters. The number of hydrogen-bond donors (Lipinski definition) is 1. The van der Waals surface area contributed by atoms with Crippen LogP contribution in [0.1, 0.15) is 12.6 Å². The summed E-state index contributed by atoms with van der Waals surface area (Å²) in [5.74, 6) is 0. The molecule has 4 nitrogen and oxygen atoms in total. The van der Waals surface area contributed by atoms with Crippen molar-refractivity contribution in [2.24, 2.45) is 0 Å². The van der Waals surface area contributed by atoms with Crippen LogP contribution in [0.25, 0.3) is 10.9 Å². The Balaban J connectivity index is 1.78. The third-order valence-corrected chi connectivity index (χ3v) is 3.20. The smallest absolute Gasteiger partial charge is 0.0948 e. The number of nitrogens with one attached hydrogen (secondary N) is 1. The van der Waals surface area contributed by atoms with E-state index in [1.54, 1.807) is 0 Å². The van der Waals surface area contributed by atoms with Crippen molar-refractivity contribution in [3.63, 3.8) is 0 Å². The van der Waals surface area contributed by atoms with Gasteiger partial charge in [-0.15, -0.1) is 0 Å². The molecule has 1 N–H and O–H groups in total. The van der Waals surface area contributed by atoms with E-state index < -0.39 is 0 Å². The second kappa shape index (κ2) is 5.10. The van der Waals surface area contributed by atoms with Crippen LogP contribution in [-0.2, 0) is 13.1 Å². The minimum absolute atomic E-state index is 0.758. The third kappa shape index (κ3) is 2.42. The number of fused-ring (bicyclic) bond motifs is 1. The van der Waals surface area contributed by atoms with Crippen molar-refractivity contribution >= 4 is 16.6 Å². The van der Waals surface area contributed by atoms with Gasteiger partial charge in [0, 0.05) is 18.1 Å². The predicted molar refractivity (Wildman–Crippen MR) is 77.0 cm³/mol. The first kappa shape index (κ1) is 11.7. The van der Waals surface area contributed by atoms with Gasteiger partial charge in [0.1, 0.15) is 0 Å². The first-order valence-corrected chi connectivity index (χ1v) is 6.44. The first-order valence-electron chi connectivity index (χ1n) is 6.44. The van der Waals surface area contributed by atoms with E-state index in [-0.39, 0.29) is 0 Å². The van der Waals surface area contributed by atoms with Crippen LogP contribution >= 0.6 is 0 Å². The molecule has 0 radical (unpaired) electrons. The first-order chi connectivity index (χ1) is 9.36. The van der Waals surface area contributed by atoms with Crippen molar-refractivity contribution in [3.05, 3.63) is 54.7 Å². The van der Waals surface area contributed by atoms with E-state index in [1.807, 2.05) is 36.9 Å². The van der Waals surface area contributed by atoms with Gasteiger partial charge in [0.15, 0.2) is 0 Å². The average Bonchev–Trinajstić information content (AvgIpc) is 2.92. The molecule has 2 heterocycles. The lowest BCUT2D eigenvalue weighted by Crippen LogP contribution is -2.06. The lowest BCUT2D eigenvalue weighted by atomic mass is 10.2. The maximum Gasteiger partial charge on any atom is 0.0948 e. The molecule has 3 rings (SSSR count). The summed E-state index contributed by atoms with van der Waals surface area (Å²) >= 11 is 0. The maximum absolute atomic E-state index is 4.44. The van der Waals surface area contributed by atoms with E-state index in [1.165, 1.54) is 5.69 Å². The number of nitrogens with zero attached hydrogens (tertiary/aromatic N) is 3. The standard InChI is InChI=1S/C15H16N4/c1-2-19-11-16-9-14(19)10-17-13-7-12-5-3-4-6-15(12)18-8-13/h3-9,11,17H,2,10H2,1H3. The number of anilines is 1. The molecule has 0 aliphatic carbocycles. The second-order valence-electron chi connectivity index (χ2n) is 4.44. The number of aromatic nitrogens is 3. The van der Waals surface area contributed by atoms with Gasteiger partial charge < -0.3 is 9.88 Å². The zero-order valence-electron chi connectivity index (χ0n) is 10.9. The Morgan fingerprint density at radius 1 is 1.21 bits per heavy atom. The summed E-state index contributed by atoms with van der Waals surface area (Å²) in [6.45, 7) is 3.81. The van der Waals surface area contributed by atoms with Gasteiger partial charge in [-0.1, -0.05) is 18.2 Å². The number of hydrogen-bond acceptors (Lipinski definition) is 3. The Labute approximate surface area is 112 Å². The second-order valence-corrected chi connectivity index (χ2v) is 4.44. The zero-order valence-corrected chi connectivity index (χ0v) is 10.9. The van der Waals surface area contributed by atoms with Gasteiger partial charge in [0.05, 0.1) is 36.0 Å². The topological polar surface area (TPSA) is 42.7 Å². The van der Waals surface area contributed by atoms with Crippen LogP contribution in [0.3, 0.4) is 0 Å². The summed E-state index contributed by atoms with van der Waals surface area (Å²) < 4.78 is 2.13. The van der Waals surface area contributed by atoms with E-state index >= 15 is 0 Å². The van der Waals surface area contributed by atoms with Crippen LogP contribution in [0.2, 0.25) is 0 Å². The molecule has 0 fully saturated rings. The van der Waals surface area contributed by atoms with Crippen molar-refractivity contribution in [1.82, 2.24) is 14.5 Å². The number of benzene rings is 1. The molecule has 0 saturated heterocycles. The molecule has 0 bridgehead atoms. The molecular weight excluding hydrogens is 236 g/mol. The molecule has 0 spiro atoms. The molecule has 4 heteroatoms. The summed E-state index contributed by atoms with van der Waals surface area (Å²) in [5, 5.41) is 4.54. The van der Waals surface area contributed by atoms with Crippen molar-refractivity contribution in [2.45, 2.75) is 20.0 Å². The molecule has 0 saturated carbocycles. The lowest BCUT2D eigenvalue weighted by molar-refractivity contribution is 0.719. The van der Waals surface area contributed by atoms with E-state index in [0.29, 0.717) is 0 Å². The number of aryl methyl sites for hydroxylation is 1. The van der Waals surface area contributed by atoms with Crippen LogP contribution in [0.4, 0.5) is 5.69 Å². The molecule has 0 amide bonds. The van der Waals surface area contributed by atoms with E-state index in [9.17, 15) is 0 Å². The quantitative estimate of drug-likeness (QED) is 0.776. The van der Waals surface area contributed by atoms with Crippen molar-refractivity contribution < 1.29 is 0 Å². The predicted octanol–water partition coefficient (Wildman–Crippen LogP) is 3.06. The summed E-state index contributed by atoms with van der Waals surface area (Å²) in [6, 6.07) is 10.2. The molecule has 19 heavy (non-hydrogen) atoms. The molecule has 0 atom stereocenters. The highest BCUT2D eigenvalue weighted by atomic mass is 15.1. The Morgan fingerprint density at radius 3 is 3.00 bits per heavy atom. The van der Waals surface area contributed by atoms with Gasteiger partial charge in [0.2, 0.25) is 0 Å². The fourth-order valence-corrected chi connectivity index (χ4v) is 2.14. The summed E-state index contributed by atoms with van der Waals surface area (Å²) in [4.78, 5) is 8.60. The molecular formula is C15H16N4. The molecule has 0 aliphatic rings. The van der Waals surface area contributed by atoms with Crippen molar-refractivity contribution in [2.75, 3.05) is 5.32 Å². The van der Waals surface area contributed by atoms with Gasteiger partial charge >= 0.3 is 0 Å². The normalized spacial score (nSPS) is 10.8. The van der Waals surface area contributed by atoms with Gasteiger partial charge in [-0.25, -0.2) is 4.98 Å². The summed E-state index contributed by atoms with van der Waals surface area (Å²) in [7, 11) is 0. The molecule has 2 aromatic heterocycles. The largest absolute Gasteiger partial charge is 0.378 e. The van der Waals surface area contributed by atoms with Gasteiger partial charge in [-0.3, -0.25) is 4.98 Å². The summed E-state index contributed by atoms with van der Waals surface area (Å²) in [5.41, 5.74) is 3.23. The Kier molecular flexibility index (Phi) is 3.14. The zero-order chi connectivity index (χ0) is 13.1. The number of para-hydroxylation sites is 1. The third-order valence-electron chi connectivity index (χ3n) is 3.20. The SMILES string of the molecule is CCn1cncc1CNc1cnc2ccccc2c1.